The van der Waals surface area contributed by atoms with Crippen LogP contribution in [0.1, 0.15) is 362 Å². The molecule has 4 aliphatic rings. The fourth-order valence-electron chi connectivity index (χ4n) is 15.6. The molecular formula is C88H140O21. The molecule has 0 aromatic heterocycles. The van der Waals surface area contributed by atoms with Crippen LogP contribution in [0.4, 0.5) is 0 Å². The van der Waals surface area contributed by atoms with Crippen molar-refractivity contribution in [2.24, 2.45) is 59.2 Å². The number of cyclic esters (lactones) is 8. The molecular weight excluding hydrogens is 1390 g/mol. The lowest BCUT2D eigenvalue weighted by molar-refractivity contribution is -0.155. The number of unbranched alkanes of at least 4 members (excludes halogenated alkanes) is 28. The van der Waals surface area contributed by atoms with E-state index in [0.29, 0.717) is 25.7 Å². The molecule has 0 saturated carbocycles. The van der Waals surface area contributed by atoms with Gasteiger partial charge in [-0.3, -0.25) is 57.5 Å². The predicted molar refractivity (Wildman–Crippen MR) is 418 cm³/mol. The molecule has 21 heteroatoms. The van der Waals surface area contributed by atoms with Crippen LogP contribution in [0.25, 0.3) is 0 Å². The molecule has 109 heavy (non-hydrogen) atoms. The summed E-state index contributed by atoms with van der Waals surface area (Å²) in [6.07, 6.45) is 58.2. The first kappa shape index (κ1) is 96.6. The van der Waals surface area contributed by atoms with Crippen LogP contribution >= 0.6 is 0 Å². The third kappa shape index (κ3) is 44.9. The van der Waals surface area contributed by atoms with Crippen molar-refractivity contribution in [1.29, 1.82) is 0 Å². The smallest absolute Gasteiger partial charge is 0.317 e. The van der Waals surface area contributed by atoms with E-state index in [1.807, 2.05) is 0 Å². The van der Waals surface area contributed by atoms with Gasteiger partial charge in [0.1, 0.15) is 0 Å². The van der Waals surface area contributed by atoms with Gasteiger partial charge < -0.3 is 44.1 Å². The van der Waals surface area contributed by atoms with Crippen molar-refractivity contribution in [3.8, 4) is 0 Å². The standard InChI is InChI=1S/C44H70O11.C44H70O10/c1-3-5-15-21-33(37-31-41(49)54-43(37)51)27-29-35(23-17-11-7-9-13-19-25-39(45)46)53-36(24-18-12-8-10-14-20-26-40(47)48)30-28-34(22-16-6-4-2)38-32-42(50)55-44(38)52;1-3-5-7-15-23-35(37-31-41(49)53-43(37)51)29-27-33(21-17-11-9-13-19-25-39(45)46)34(22-18-12-10-14-20-26-40(47)48)28-30-36(24-16-8-6-4-2)38-32-42(50)54-44(38)52/h27-30,33-38H,3-26,31-32H2,1-2H3,(H,45,46)(H,47,48);27-30,33-38H,3-26,31-32H2,1-2H3,(H,45,46)(H,47,48)/b2*29-27+,30-28+. The molecule has 4 N–H and O–H groups in total. The Kier molecular flexibility index (Phi) is 53.2. The molecule has 4 saturated heterocycles. The highest BCUT2D eigenvalue weighted by Gasteiger charge is 2.42. The van der Waals surface area contributed by atoms with E-state index in [0.717, 1.165) is 257 Å². The number of ether oxygens (including phenoxy) is 5. The van der Waals surface area contributed by atoms with Gasteiger partial charge in [0.05, 0.1) is 61.6 Å². The number of hydrogen-bond donors (Lipinski definition) is 4. The van der Waals surface area contributed by atoms with Gasteiger partial charge in [-0.1, -0.05) is 282 Å². The van der Waals surface area contributed by atoms with Gasteiger partial charge in [0.15, 0.2) is 0 Å². The minimum Gasteiger partial charge on any atom is -0.481 e. The van der Waals surface area contributed by atoms with Crippen molar-refractivity contribution >= 4 is 71.6 Å². The predicted octanol–water partition coefficient (Wildman–Crippen LogP) is 20.2. The zero-order valence-electron chi connectivity index (χ0n) is 67.0. The van der Waals surface area contributed by atoms with E-state index in [4.69, 9.17) is 44.1 Å². The van der Waals surface area contributed by atoms with E-state index in [2.05, 4.69) is 76.3 Å². The summed E-state index contributed by atoms with van der Waals surface area (Å²) in [5.41, 5.74) is 0. The SMILES string of the molecule is CCCCCC(/C=C/C(CCCCCCCCC(=O)O)OC(/C=C/C(CCCCC)C1CC(=O)OC1=O)CCCCCCCCC(=O)O)C1CC(=O)OC1=O.CCCCCCC(/C=C/C(CCCCCCCC(=O)O)C(/C=C/C(CCCCCC)C1CC(=O)OC1=O)CCCCCCCC(=O)O)C1CC(=O)OC1=O. The first-order chi connectivity index (χ1) is 52.6. The zero-order valence-corrected chi connectivity index (χ0v) is 67.0. The lowest BCUT2D eigenvalue weighted by atomic mass is 9.79. The molecule has 4 fully saturated rings. The minimum absolute atomic E-state index is 0.0839. The molecule has 0 aromatic rings. The van der Waals surface area contributed by atoms with Crippen LogP contribution in [-0.2, 0) is 81.2 Å². The number of hydrogen-bond acceptors (Lipinski definition) is 17. The van der Waals surface area contributed by atoms with Crippen LogP contribution in [0.3, 0.4) is 0 Å². The number of carboxylic acid groups (broad SMARTS) is 4. The fraction of sp³-hybridized carbons (Fsp3) is 0.773. The first-order valence-corrected chi connectivity index (χ1v) is 42.8. The lowest BCUT2D eigenvalue weighted by Gasteiger charge is -2.25. The lowest BCUT2D eigenvalue weighted by Crippen LogP contribution is -2.23. The van der Waals surface area contributed by atoms with Crippen molar-refractivity contribution in [2.45, 2.75) is 374 Å². The number of carbonyl (C=O) groups is 12. The molecule has 0 aliphatic carbocycles. The highest BCUT2D eigenvalue weighted by Crippen LogP contribution is 2.38. The Bertz CT molecular complexity index is 2620. The Balaban J connectivity index is 0.000000565. The number of aliphatic carboxylic acids is 4. The summed E-state index contributed by atoms with van der Waals surface area (Å²) < 4.78 is 26.8. The third-order valence-electron chi connectivity index (χ3n) is 22.1. The van der Waals surface area contributed by atoms with E-state index < -0.39 is 95.3 Å². The Morgan fingerprint density at radius 2 is 0.486 bits per heavy atom. The molecule has 4 heterocycles. The summed E-state index contributed by atoms with van der Waals surface area (Å²) in [6.45, 7) is 8.58. The molecule has 0 radical (unpaired) electrons. The van der Waals surface area contributed by atoms with Crippen molar-refractivity contribution < 1.29 is 102 Å². The Morgan fingerprint density at radius 1 is 0.284 bits per heavy atom. The van der Waals surface area contributed by atoms with Crippen molar-refractivity contribution in [1.82, 2.24) is 0 Å². The molecule has 4 rings (SSSR count). The van der Waals surface area contributed by atoms with E-state index in [-0.39, 0.29) is 99.1 Å². The van der Waals surface area contributed by atoms with Gasteiger partial charge in [0, 0.05) is 25.7 Å². The zero-order chi connectivity index (χ0) is 79.8. The number of allylic oxidation sites excluding steroid dienone is 6. The molecule has 618 valence electrons. The average Bonchev–Trinajstić information content (AvgIpc) is 1.74. The van der Waals surface area contributed by atoms with Crippen molar-refractivity contribution in [2.75, 3.05) is 0 Å². The van der Waals surface area contributed by atoms with Crippen LogP contribution in [-0.4, -0.2) is 104 Å². The Hall–Kier alpha value is -6.64. The maximum atomic E-state index is 12.8. The topological polar surface area (TPSA) is 332 Å². The molecule has 0 aromatic carbocycles. The monoisotopic (exact) mass is 1530 g/mol. The number of esters is 8. The molecule has 0 spiro atoms. The number of carbonyl (C=O) groups excluding carboxylic acids is 8. The van der Waals surface area contributed by atoms with Gasteiger partial charge >= 0.3 is 71.6 Å². The first-order valence-electron chi connectivity index (χ1n) is 42.8. The van der Waals surface area contributed by atoms with Crippen molar-refractivity contribution in [3.05, 3.63) is 48.6 Å². The highest BCUT2D eigenvalue weighted by atomic mass is 16.6. The van der Waals surface area contributed by atoms with Gasteiger partial charge in [-0.25, -0.2) is 0 Å². The largest absolute Gasteiger partial charge is 0.481 e. The molecule has 0 bridgehead atoms. The second kappa shape index (κ2) is 60.1. The van der Waals surface area contributed by atoms with Gasteiger partial charge in [-0.05, 0) is 113 Å². The Morgan fingerprint density at radius 3 is 0.725 bits per heavy atom. The summed E-state index contributed by atoms with van der Waals surface area (Å²) >= 11 is 0. The van der Waals surface area contributed by atoms with Crippen LogP contribution in [0, 0.1) is 59.2 Å². The normalized spacial score (nSPS) is 19.7. The summed E-state index contributed by atoms with van der Waals surface area (Å²) in [5.74, 6) is -8.99. The summed E-state index contributed by atoms with van der Waals surface area (Å²) in [5, 5.41) is 35.9. The summed E-state index contributed by atoms with van der Waals surface area (Å²) in [7, 11) is 0. The Labute approximate surface area is 651 Å². The average molecular weight is 1530 g/mol. The second-order valence-corrected chi connectivity index (χ2v) is 31.3. The van der Waals surface area contributed by atoms with E-state index in [9.17, 15) is 57.5 Å². The summed E-state index contributed by atoms with van der Waals surface area (Å²) in [6, 6.07) is 0. The molecule has 0 amide bonds. The number of rotatable bonds is 67. The molecule has 4 aliphatic heterocycles. The van der Waals surface area contributed by atoms with Gasteiger partial charge in [-0.2, -0.15) is 0 Å². The maximum absolute atomic E-state index is 12.8. The van der Waals surface area contributed by atoms with Gasteiger partial charge in [0.25, 0.3) is 0 Å². The maximum Gasteiger partial charge on any atom is 0.317 e. The second-order valence-electron chi connectivity index (χ2n) is 31.3. The van der Waals surface area contributed by atoms with E-state index >= 15 is 0 Å². The van der Waals surface area contributed by atoms with Gasteiger partial charge in [-0.15, -0.1) is 0 Å². The summed E-state index contributed by atoms with van der Waals surface area (Å²) in [4.78, 5) is 143. The van der Waals surface area contributed by atoms with Gasteiger partial charge in [0.2, 0.25) is 0 Å². The van der Waals surface area contributed by atoms with E-state index in [1.165, 1.54) is 0 Å². The third-order valence-corrected chi connectivity index (χ3v) is 22.1. The van der Waals surface area contributed by atoms with Crippen LogP contribution < -0.4 is 0 Å². The van der Waals surface area contributed by atoms with E-state index in [1.54, 1.807) is 0 Å². The molecule has 12 atom stereocenters. The highest BCUT2D eigenvalue weighted by molar-refractivity contribution is 5.96. The van der Waals surface area contributed by atoms with Crippen LogP contribution in [0.15, 0.2) is 48.6 Å². The van der Waals surface area contributed by atoms with Crippen LogP contribution in [0.2, 0.25) is 0 Å². The quantitative estimate of drug-likeness (QED) is 0.0144. The molecule has 21 nitrogen and oxygen atoms in total. The molecule has 12 unspecified atom stereocenters. The minimum atomic E-state index is -0.771. The van der Waals surface area contributed by atoms with Crippen LogP contribution in [0.5, 0.6) is 0 Å². The van der Waals surface area contributed by atoms with Crippen molar-refractivity contribution in [3.63, 3.8) is 0 Å². The fourth-order valence-corrected chi connectivity index (χ4v) is 15.6. The number of carboxylic acids is 4.